The number of carbonyl (C=O) groups excluding carboxylic acids is 1. The summed E-state index contributed by atoms with van der Waals surface area (Å²) in [6.45, 7) is 7.69. The molecule has 1 unspecified atom stereocenters. The van der Waals surface area contributed by atoms with Gasteiger partial charge in [0.2, 0.25) is 0 Å². The third-order valence-corrected chi connectivity index (χ3v) is 4.62. The van der Waals surface area contributed by atoms with Crippen molar-refractivity contribution >= 4 is 40.3 Å². The Morgan fingerprint density at radius 3 is 2.83 bits per heavy atom. The maximum atomic E-state index is 12.2. The molecule has 0 bridgehead atoms. The van der Waals surface area contributed by atoms with E-state index in [1.165, 1.54) is 0 Å². The monoisotopic (exact) mass is 451 g/mol. The Balaban J connectivity index is 1.87. The number of hydrogen-bond donors (Lipinski definition) is 0. The molecule has 2 rings (SSSR count). The zero-order chi connectivity index (χ0) is 17.0. The lowest BCUT2D eigenvalue weighted by Gasteiger charge is -2.34. The molecule has 0 aliphatic carbocycles. The van der Waals surface area contributed by atoms with Crippen LogP contribution < -0.4 is 4.74 Å². The van der Waals surface area contributed by atoms with Crippen molar-refractivity contribution in [1.29, 1.82) is 0 Å². The second-order valence-electron chi connectivity index (χ2n) is 6.82. The summed E-state index contributed by atoms with van der Waals surface area (Å²) in [6.07, 6.45) is 1.80. The molecule has 6 heteroatoms. The van der Waals surface area contributed by atoms with Crippen molar-refractivity contribution in [3.05, 3.63) is 26.8 Å². The Morgan fingerprint density at radius 1 is 1.43 bits per heavy atom. The van der Waals surface area contributed by atoms with E-state index in [1.54, 1.807) is 4.90 Å². The van der Waals surface area contributed by atoms with Crippen molar-refractivity contribution < 1.29 is 14.3 Å². The quantitative estimate of drug-likeness (QED) is 0.609. The lowest BCUT2D eigenvalue weighted by molar-refractivity contribution is 0.0139. The summed E-state index contributed by atoms with van der Waals surface area (Å²) in [7, 11) is 0. The summed E-state index contributed by atoms with van der Waals surface area (Å²) in [5, 5.41) is 0.704. The molecule has 0 N–H and O–H groups in total. The van der Waals surface area contributed by atoms with Crippen LogP contribution in [0, 0.1) is 9.49 Å². The standard InChI is InChI=1S/C17H23ClINO3/c1-17(2,3)23-16(21)20-8-4-5-12(10-20)11-22-15-7-6-13(18)9-14(15)19/h6-7,9,12H,4-5,8,10-11H2,1-3H3. The van der Waals surface area contributed by atoms with Crippen molar-refractivity contribution in [3.63, 3.8) is 0 Å². The highest BCUT2D eigenvalue weighted by atomic mass is 127. The van der Waals surface area contributed by atoms with Crippen molar-refractivity contribution in [2.75, 3.05) is 19.7 Å². The van der Waals surface area contributed by atoms with Gasteiger partial charge in [-0.1, -0.05) is 11.6 Å². The largest absolute Gasteiger partial charge is 0.492 e. The number of carbonyl (C=O) groups is 1. The third kappa shape index (κ3) is 6.03. The molecule has 4 nitrogen and oxygen atoms in total. The summed E-state index contributed by atoms with van der Waals surface area (Å²) in [5.41, 5.74) is -0.458. The number of likely N-dealkylation sites (tertiary alicyclic amines) is 1. The zero-order valence-corrected chi connectivity index (χ0v) is 16.7. The van der Waals surface area contributed by atoms with Crippen LogP contribution in [0.4, 0.5) is 4.79 Å². The molecule has 1 fully saturated rings. The summed E-state index contributed by atoms with van der Waals surface area (Å²) in [4.78, 5) is 14.0. The molecule has 23 heavy (non-hydrogen) atoms. The number of benzene rings is 1. The van der Waals surface area contributed by atoms with E-state index in [1.807, 2.05) is 39.0 Å². The van der Waals surface area contributed by atoms with Crippen LogP contribution in [0.5, 0.6) is 5.75 Å². The molecule has 1 amide bonds. The average Bonchev–Trinajstić information content (AvgIpc) is 2.45. The smallest absolute Gasteiger partial charge is 0.410 e. The van der Waals surface area contributed by atoms with Crippen molar-refractivity contribution in [2.24, 2.45) is 5.92 Å². The van der Waals surface area contributed by atoms with Crippen LogP contribution in [-0.4, -0.2) is 36.3 Å². The molecule has 0 aromatic heterocycles. The molecule has 1 atom stereocenters. The normalized spacial score (nSPS) is 18.7. The minimum Gasteiger partial charge on any atom is -0.492 e. The molecule has 1 aromatic rings. The molecule has 1 aliphatic heterocycles. The molecule has 0 saturated carbocycles. The van der Waals surface area contributed by atoms with E-state index >= 15 is 0 Å². The van der Waals surface area contributed by atoms with Crippen LogP contribution in [-0.2, 0) is 4.74 Å². The first-order valence-electron chi connectivity index (χ1n) is 7.80. The lowest BCUT2D eigenvalue weighted by atomic mass is 9.99. The van der Waals surface area contributed by atoms with E-state index in [-0.39, 0.29) is 6.09 Å². The van der Waals surface area contributed by atoms with Crippen LogP contribution in [0.3, 0.4) is 0 Å². The highest BCUT2D eigenvalue weighted by molar-refractivity contribution is 14.1. The molecular formula is C17H23ClINO3. The van der Waals surface area contributed by atoms with Gasteiger partial charge in [-0.2, -0.15) is 0 Å². The zero-order valence-electron chi connectivity index (χ0n) is 13.8. The topological polar surface area (TPSA) is 38.8 Å². The summed E-state index contributed by atoms with van der Waals surface area (Å²) in [5.74, 6) is 1.16. The fourth-order valence-corrected chi connectivity index (χ4v) is 3.52. The van der Waals surface area contributed by atoms with Gasteiger partial charge in [0.05, 0.1) is 10.2 Å². The molecule has 1 heterocycles. The van der Waals surface area contributed by atoms with Crippen LogP contribution >= 0.6 is 34.2 Å². The minimum atomic E-state index is -0.458. The second kappa shape index (κ2) is 7.92. The maximum Gasteiger partial charge on any atom is 0.410 e. The van der Waals surface area contributed by atoms with E-state index < -0.39 is 5.60 Å². The minimum absolute atomic E-state index is 0.233. The molecule has 128 valence electrons. The molecule has 0 spiro atoms. The summed E-state index contributed by atoms with van der Waals surface area (Å²) >= 11 is 8.17. The average molecular weight is 452 g/mol. The van der Waals surface area contributed by atoms with Gasteiger partial charge in [-0.05, 0) is 74.4 Å². The first kappa shape index (κ1) is 18.6. The third-order valence-electron chi connectivity index (χ3n) is 3.54. The van der Waals surface area contributed by atoms with Crippen LogP contribution in [0.1, 0.15) is 33.6 Å². The Labute approximate surface area is 156 Å². The van der Waals surface area contributed by atoms with Gasteiger partial charge in [-0.3, -0.25) is 0 Å². The van der Waals surface area contributed by atoms with Gasteiger partial charge >= 0.3 is 6.09 Å². The number of rotatable bonds is 3. The van der Waals surface area contributed by atoms with Crippen molar-refractivity contribution in [2.45, 2.75) is 39.2 Å². The van der Waals surface area contributed by atoms with Gasteiger partial charge in [-0.15, -0.1) is 0 Å². The predicted octanol–water partition coefficient (Wildman–Crippen LogP) is 4.97. The number of nitrogens with zero attached hydrogens (tertiary/aromatic N) is 1. The number of hydrogen-bond acceptors (Lipinski definition) is 3. The first-order chi connectivity index (χ1) is 10.7. The Bertz CT molecular complexity index is 559. The highest BCUT2D eigenvalue weighted by Crippen LogP contribution is 2.26. The maximum absolute atomic E-state index is 12.2. The lowest BCUT2D eigenvalue weighted by Crippen LogP contribution is -2.44. The molecule has 1 aromatic carbocycles. The SMILES string of the molecule is CC(C)(C)OC(=O)N1CCCC(COc2ccc(Cl)cc2I)C1. The van der Waals surface area contributed by atoms with Gasteiger partial charge in [0, 0.05) is 24.0 Å². The van der Waals surface area contributed by atoms with E-state index in [2.05, 4.69) is 22.6 Å². The number of piperidine rings is 1. The summed E-state index contributed by atoms with van der Waals surface area (Å²) < 4.78 is 12.4. The molecule has 1 aliphatic rings. The van der Waals surface area contributed by atoms with Gasteiger partial charge < -0.3 is 14.4 Å². The van der Waals surface area contributed by atoms with Crippen LogP contribution in [0.15, 0.2) is 18.2 Å². The Morgan fingerprint density at radius 2 is 2.17 bits per heavy atom. The van der Waals surface area contributed by atoms with E-state index in [9.17, 15) is 4.79 Å². The van der Waals surface area contributed by atoms with Crippen molar-refractivity contribution in [3.8, 4) is 5.75 Å². The van der Waals surface area contributed by atoms with Crippen molar-refractivity contribution in [1.82, 2.24) is 4.90 Å². The Kier molecular flexibility index (Phi) is 6.42. The Hall–Kier alpha value is -0.690. The number of halogens is 2. The van der Waals surface area contributed by atoms with E-state index in [0.29, 0.717) is 24.1 Å². The summed E-state index contributed by atoms with van der Waals surface area (Å²) in [6, 6.07) is 5.59. The van der Waals surface area contributed by atoms with Gasteiger partial charge in [-0.25, -0.2) is 4.79 Å². The van der Waals surface area contributed by atoms with Crippen LogP contribution in [0.2, 0.25) is 5.02 Å². The molecule has 1 saturated heterocycles. The number of amides is 1. The van der Waals surface area contributed by atoms with Crippen LogP contribution in [0.25, 0.3) is 0 Å². The molecule has 0 radical (unpaired) electrons. The number of ether oxygens (including phenoxy) is 2. The second-order valence-corrected chi connectivity index (χ2v) is 8.42. The van der Waals surface area contributed by atoms with E-state index in [4.69, 9.17) is 21.1 Å². The first-order valence-corrected chi connectivity index (χ1v) is 9.26. The van der Waals surface area contributed by atoms with Gasteiger partial charge in [0.1, 0.15) is 11.4 Å². The fraction of sp³-hybridized carbons (Fsp3) is 0.588. The predicted molar refractivity (Wildman–Crippen MR) is 100 cm³/mol. The molecular weight excluding hydrogens is 429 g/mol. The van der Waals surface area contributed by atoms with E-state index in [0.717, 1.165) is 28.7 Å². The fourth-order valence-electron chi connectivity index (χ4n) is 2.49. The van der Waals surface area contributed by atoms with Gasteiger partial charge in [0.15, 0.2) is 0 Å². The van der Waals surface area contributed by atoms with Gasteiger partial charge in [0.25, 0.3) is 0 Å². The highest BCUT2D eigenvalue weighted by Gasteiger charge is 2.28.